The molecule has 2 unspecified atom stereocenters. The lowest BCUT2D eigenvalue weighted by molar-refractivity contribution is -0.00523. The summed E-state index contributed by atoms with van der Waals surface area (Å²) in [6.45, 7) is 7.89. The van der Waals surface area contributed by atoms with Crippen molar-refractivity contribution < 1.29 is 14.9 Å². The lowest BCUT2D eigenvalue weighted by Gasteiger charge is -2.33. The van der Waals surface area contributed by atoms with Crippen molar-refractivity contribution >= 4 is 6.08 Å². The number of aliphatic hydroxyl groups excluding tert-OH is 1. The van der Waals surface area contributed by atoms with Gasteiger partial charge in [-0.3, -0.25) is 0 Å². The number of nitrogens with one attached hydrogen (secondary N) is 1. The van der Waals surface area contributed by atoms with E-state index in [1.54, 1.807) is 32.2 Å². The topological polar surface area (TPSA) is 61.7 Å². The molecule has 0 bridgehead atoms. The van der Waals surface area contributed by atoms with Crippen molar-refractivity contribution in [2.24, 2.45) is 0 Å². The number of likely N-dealkylation sites (N-methyl/N-ethyl adjacent to an activating group) is 1. The molecule has 0 radical (unpaired) electrons. The average Bonchev–Trinajstić information content (AvgIpc) is 2.43. The second kappa shape index (κ2) is 6.70. The number of ether oxygens (including phenoxy) is 1. The van der Waals surface area contributed by atoms with Crippen LogP contribution in [-0.2, 0) is 5.60 Å². The van der Waals surface area contributed by atoms with Gasteiger partial charge in [0.2, 0.25) is 0 Å². The van der Waals surface area contributed by atoms with Crippen molar-refractivity contribution in [3.63, 3.8) is 0 Å². The molecule has 1 aromatic rings. The fraction of sp³-hybridized carbons (Fsp3) is 0.467. The van der Waals surface area contributed by atoms with Crippen molar-refractivity contribution in [2.45, 2.75) is 25.5 Å². The Morgan fingerprint density at radius 3 is 2.68 bits per heavy atom. The lowest BCUT2D eigenvalue weighted by Crippen LogP contribution is -2.49. The zero-order valence-corrected chi connectivity index (χ0v) is 11.8. The Hall–Kier alpha value is -1.36. The zero-order valence-electron chi connectivity index (χ0n) is 11.8. The quantitative estimate of drug-likeness (QED) is 0.699. The molecule has 1 rings (SSSR count). The summed E-state index contributed by atoms with van der Waals surface area (Å²) in [4.78, 5) is 0. The first-order valence-corrected chi connectivity index (χ1v) is 6.38. The lowest BCUT2D eigenvalue weighted by atomic mass is 9.87. The largest absolute Gasteiger partial charge is 0.496 e. The minimum atomic E-state index is -1.17. The average molecular weight is 265 g/mol. The van der Waals surface area contributed by atoms with Gasteiger partial charge < -0.3 is 20.3 Å². The van der Waals surface area contributed by atoms with Crippen LogP contribution in [0.25, 0.3) is 6.08 Å². The zero-order chi connectivity index (χ0) is 14.5. The SMILES string of the molecule is C=Cc1cc(C(C)(O)C(CO)NCC)ccc1OC. The highest BCUT2D eigenvalue weighted by atomic mass is 16.5. The van der Waals surface area contributed by atoms with Crippen molar-refractivity contribution in [3.8, 4) is 5.75 Å². The summed E-state index contributed by atoms with van der Waals surface area (Å²) in [5.74, 6) is 0.707. The van der Waals surface area contributed by atoms with Crippen LogP contribution in [0, 0.1) is 0 Å². The van der Waals surface area contributed by atoms with Crippen LogP contribution >= 0.6 is 0 Å². The Bertz CT molecular complexity index is 429. The third-order valence-corrected chi connectivity index (χ3v) is 3.35. The van der Waals surface area contributed by atoms with Gasteiger partial charge in [0.05, 0.1) is 19.8 Å². The van der Waals surface area contributed by atoms with Gasteiger partial charge >= 0.3 is 0 Å². The van der Waals surface area contributed by atoms with Crippen LogP contribution in [0.15, 0.2) is 24.8 Å². The Balaban J connectivity index is 3.16. The molecule has 4 nitrogen and oxygen atoms in total. The van der Waals surface area contributed by atoms with Gasteiger partial charge in [-0.25, -0.2) is 0 Å². The van der Waals surface area contributed by atoms with Gasteiger partial charge in [-0.2, -0.15) is 0 Å². The molecule has 2 atom stereocenters. The molecule has 0 aliphatic carbocycles. The first-order valence-electron chi connectivity index (χ1n) is 6.38. The van der Waals surface area contributed by atoms with Gasteiger partial charge in [0, 0.05) is 5.56 Å². The van der Waals surface area contributed by atoms with Crippen molar-refractivity contribution in [3.05, 3.63) is 35.9 Å². The fourth-order valence-corrected chi connectivity index (χ4v) is 2.10. The third kappa shape index (κ3) is 3.35. The maximum Gasteiger partial charge on any atom is 0.126 e. The van der Waals surface area contributed by atoms with Crippen molar-refractivity contribution in [1.29, 1.82) is 0 Å². The predicted octanol–water partition coefficient (Wildman–Crippen LogP) is 1.52. The Labute approximate surface area is 114 Å². The van der Waals surface area contributed by atoms with Crippen LogP contribution < -0.4 is 10.1 Å². The van der Waals surface area contributed by atoms with Gasteiger partial charge in [0.1, 0.15) is 11.4 Å². The maximum atomic E-state index is 10.7. The second-order valence-corrected chi connectivity index (χ2v) is 4.60. The number of aliphatic hydroxyl groups is 2. The van der Waals surface area contributed by atoms with E-state index in [0.717, 1.165) is 5.56 Å². The molecule has 0 aliphatic heterocycles. The van der Waals surface area contributed by atoms with E-state index in [9.17, 15) is 10.2 Å². The van der Waals surface area contributed by atoms with E-state index in [-0.39, 0.29) is 6.61 Å². The van der Waals surface area contributed by atoms with Gasteiger partial charge in [0.15, 0.2) is 0 Å². The summed E-state index contributed by atoms with van der Waals surface area (Å²) in [7, 11) is 1.59. The van der Waals surface area contributed by atoms with Crippen molar-refractivity contribution in [1.82, 2.24) is 5.32 Å². The summed E-state index contributed by atoms with van der Waals surface area (Å²) < 4.78 is 5.22. The fourth-order valence-electron chi connectivity index (χ4n) is 2.10. The van der Waals surface area contributed by atoms with Crippen LogP contribution in [0.1, 0.15) is 25.0 Å². The van der Waals surface area contributed by atoms with E-state index in [1.807, 2.05) is 13.0 Å². The van der Waals surface area contributed by atoms with E-state index in [1.165, 1.54) is 0 Å². The molecular formula is C15H23NO3. The number of hydrogen-bond donors (Lipinski definition) is 3. The summed E-state index contributed by atoms with van der Waals surface area (Å²) in [6, 6.07) is 4.99. The summed E-state index contributed by atoms with van der Waals surface area (Å²) in [5, 5.41) is 23.2. The van der Waals surface area contributed by atoms with E-state index < -0.39 is 11.6 Å². The van der Waals surface area contributed by atoms with Crippen LogP contribution in [0.5, 0.6) is 5.75 Å². The molecule has 0 saturated heterocycles. The molecule has 4 heteroatoms. The summed E-state index contributed by atoms with van der Waals surface area (Å²) >= 11 is 0. The number of methoxy groups -OCH3 is 1. The monoisotopic (exact) mass is 265 g/mol. The molecule has 0 amide bonds. The molecular weight excluding hydrogens is 242 g/mol. The Kier molecular flexibility index (Phi) is 5.54. The van der Waals surface area contributed by atoms with Crippen LogP contribution in [0.3, 0.4) is 0 Å². The van der Waals surface area contributed by atoms with E-state index >= 15 is 0 Å². The van der Waals surface area contributed by atoms with E-state index in [2.05, 4.69) is 11.9 Å². The normalized spacial score (nSPS) is 15.6. The first kappa shape index (κ1) is 15.7. The summed E-state index contributed by atoms with van der Waals surface area (Å²) in [6.07, 6.45) is 1.68. The van der Waals surface area contributed by atoms with Crippen molar-refractivity contribution in [2.75, 3.05) is 20.3 Å². The maximum absolute atomic E-state index is 10.7. The van der Waals surface area contributed by atoms with Gasteiger partial charge in [-0.15, -0.1) is 0 Å². The van der Waals surface area contributed by atoms with Gasteiger partial charge in [-0.1, -0.05) is 25.6 Å². The Morgan fingerprint density at radius 2 is 2.21 bits per heavy atom. The number of hydrogen-bond acceptors (Lipinski definition) is 4. The predicted molar refractivity (Wildman–Crippen MR) is 77.2 cm³/mol. The molecule has 0 aliphatic rings. The standard InChI is InChI=1S/C15H23NO3/c1-5-11-9-12(7-8-13(11)19-4)15(3,18)14(10-17)16-6-2/h5,7-9,14,16-18H,1,6,10H2,2-4H3. The van der Waals surface area contributed by atoms with Crippen LogP contribution in [-0.4, -0.2) is 36.5 Å². The molecule has 3 N–H and O–H groups in total. The van der Waals surface area contributed by atoms with Crippen LogP contribution in [0.2, 0.25) is 0 Å². The molecule has 0 heterocycles. The highest BCUT2D eigenvalue weighted by Gasteiger charge is 2.33. The molecule has 0 fully saturated rings. The van der Waals surface area contributed by atoms with Gasteiger partial charge in [-0.05, 0) is 31.2 Å². The third-order valence-electron chi connectivity index (χ3n) is 3.35. The minimum Gasteiger partial charge on any atom is -0.496 e. The second-order valence-electron chi connectivity index (χ2n) is 4.60. The Morgan fingerprint density at radius 1 is 1.53 bits per heavy atom. The molecule has 1 aromatic carbocycles. The minimum absolute atomic E-state index is 0.143. The highest BCUT2D eigenvalue weighted by Crippen LogP contribution is 2.29. The molecule has 19 heavy (non-hydrogen) atoms. The van der Waals surface area contributed by atoms with Crippen LogP contribution in [0.4, 0.5) is 0 Å². The van der Waals surface area contributed by atoms with E-state index in [4.69, 9.17) is 4.74 Å². The smallest absolute Gasteiger partial charge is 0.126 e. The number of rotatable bonds is 7. The molecule has 0 aromatic heterocycles. The summed E-state index contributed by atoms with van der Waals surface area (Å²) in [5.41, 5.74) is 0.353. The molecule has 0 spiro atoms. The molecule has 0 saturated carbocycles. The highest BCUT2D eigenvalue weighted by molar-refractivity contribution is 5.57. The molecule has 106 valence electrons. The van der Waals surface area contributed by atoms with E-state index in [0.29, 0.717) is 17.9 Å². The first-order chi connectivity index (χ1) is 9.01. The van der Waals surface area contributed by atoms with Gasteiger partial charge in [0.25, 0.3) is 0 Å². The number of benzene rings is 1.